The Hall–Kier alpha value is -6.70. The van der Waals surface area contributed by atoms with Gasteiger partial charge in [0.15, 0.2) is 18.1 Å². The molecule has 408 valence electrons. The van der Waals surface area contributed by atoms with Gasteiger partial charge in [0.1, 0.15) is 17.9 Å². The number of nitrogen functional groups attached to an aromatic ring is 1. The number of esters is 1. The molecule has 19 heteroatoms. The Bertz CT molecular complexity index is 2630. The number of carbonyl (C=O) groups excluding carboxylic acids is 5. The molecule has 1 saturated heterocycles. The molecule has 5 rings (SSSR count). The molecule has 0 aliphatic carbocycles. The number of methoxy groups -OCH3 is 2. The van der Waals surface area contributed by atoms with Crippen molar-refractivity contribution in [2.24, 2.45) is 11.3 Å². The van der Waals surface area contributed by atoms with Crippen LogP contribution < -0.4 is 30.6 Å². The number of amides is 3. The van der Waals surface area contributed by atoms with Gasteiger partial charge in [-0.1, -0.05) is 83.1 Å². The molecule has 0 bridgehead atoms. The molecule has 0 saturated carbocycles. The number of sulfonamides is 1. The lowest BCUT2D eigenvalue weighted by atomic mass is 9.84. The molecule has 4 aromatic carbocycles. The summed E-state index contributed by atoms with van der Waals surface area (Å²) < 4.78 is 57.2. The number of Topliss-reactive ketones (excluding diaryl/α,β-unsaturated/α-hetero) is 1. The lowest BCUT2D eigenvalue weighted by Crippen LogP contribution is -2.53. The third-order valence-corrected chi connectivity index (χ3v) is 15.0. The average molecular weight is 1060 g/mol. The zero-order valence-corrected chi connectivity index (χ0v) is 45.1. The second kappa shape index (κ2) is 28.3. The van der Waals surface area contributed by atoms with Crippen LogP contribution in [0.2, 0.25) is 0 Å². The first-order valence-corrected chi connectivity index (χ1v) is 27.0. The Morgan fingerprint density at radius 2 is 1.60 bits per heavy atom. The van der Waals surface area contributed by atoms with Crippen LogP contribution in [-0.4, -0.2) is 124 Å². The summed E-state index contributed by atoms with van der Waals surface area (Å²) in [5.74, 6) is -0.943. The van der Waals surface area contributed by atoms with Gasteiger partial charge in [-0.25, -0.2) is 18.0 Å². The smallest absolute Gasteiger partial charge is 0.407 e. The van der Waals surface area contributed by atoms with Gasteiger partial charge in [0.05, 0.1) is 37.9 Å². The summed E-state index contributed by atoms with van der Waals surface area (Å²) in [6.45, 7) is 8.78. The Morgan fingerprint density at radius 1 is 0.880 bits per heavy atom. The summed E-state index contributed by atoms with van der Waals surface area (Å²) in [7, 11) is -0.944. The predicted octanol–water partition coefficient (Wildman–Crippen LogP) is 6.82. The number of benzene rings is 4. The molecular weight excluding hydrogens is 983 g/mol. The number of aryl methyl sites for hydroxylation is 1. The van der Waals surface area contributed by atoms with Crippen LogP contribution in [-0.2, 0) is 51.5 Å². The molecule has 1 heterocycles. The first kappa shape index (κ1) is 59.2. The SMILES string of the molecule is CCC(C)(C)C(=O)C(=O)N1CCCC[C@H]1C(=O)O[C@H](CCc1ccc(OC)c(OC)c1)c1cccc(OCC(=O)NCCCOC(=O)N[C@@H](Cc2ccccc2)[C@H](O)CN(CC(C)C)S(=O)(=O)c2ccc(N)cc2)c1. The number of nitrogens with one attached hydrogen (secondary N) is 2. The Balaban J connectivity index is 1.18. The monoisotopic (exact) mass is 1060 g/mol. The summed E-state index contributed by atoms with van der Waals surface area (Å²) >= 11 is 0. The quantitative estimate of drug-likeness (QED) is 0.0198. The molecule has 75 heavy (non-hydrogen) atoms. The fourth-order valence-electron chi connectivity index (χ4n) is 8.46. The summed E-state index contributed by atoms with van der Waals surface area (Å²) in [5.41, 5.74) is 7.60. The zero-order valence-electron chi connectivity index (χ0n) is 44.3. The van der Waals surface area contributed by atoms with Gasteiger partial charge >= 0.3 is 12.1 Å². The Kier molecular flexibility index (Phi) is 22.3. The third-order valence-electron chi connectivity index (χ3n) is 13.1. The van der Waals surface area contributed by atoms with E-state index < -0.39 is 69.4 Å². The lowest BCUT2D eigenvalue weighted by molar-refractivity contribution is -0.164. The molecule has 5 N–H and O–H groups in total. The van der Waals surface area contributed by atoms with Crippen LogP contribution >= 0.6 is 0 Å². The number of hydrogen-bond acceptors (Lipinski definition) is 14. The fraction of sp³-hybridized carbons (Fsp3) is 0.482. The van der Waals surface area contributed by atoms with E-state index in [1.807, 2.05) is 63.2 Å². The van der Waals surface area contributed by atoms with Gasteiger partial charge in [0.25, 0.3) is 11.8 Å². The van der Waals surface area contributed by atoms with E-state index in [0.717, 1.165) is 11.1 Å². The molecule has 0 unspecified atom stereocenters. The van der Waals surface area contributed by atoms with Crippen molar-refractivity contribution in [2.45, 2.75) is 115 Å². The van der Waals surface area contributed by atoms with Crippen LogP contribution in [0, 0.1) is 11.3 Å². The molecule has 0 radical (unpaired) electrons. The number of piperidine rings is 1. The highest BCUT2D eigenvalue weighted by Gasteiger charge is 2.41. The lowest BCUT2D eigenvalue weighted by Gasteiger charge is -2.36. The van der Waals surface area contributed by atoms with Crippen LogP contribution in [0.4, 0.5) is 10.5 Å². The van der Waals surface area contributed by atoms with Crippen molar-refractivity contribution in [3.8, 4) is 17.2 Å². The molecular formula is C56H75N5O13S. The van der Waals surface area contributed by atoms with Gasteiger partial charge in [-0.15, -0.1) is 0 Å². The van der Waals surface area contributed by atoms with E-state index in [2.05, 4.69) is 10.6 Å². The molecule has 3 amide bonds. The van der Waals surface area contributed by atoms with Crippen molar-refractivity contribution in [1.29, 1.82) is 0 Å². The molecule has 0 aromatic heterocycles. The highest BCUT2D eigenvalue weighted by Crippen LogP contribution is 2.33. The van der Waals surface area contributed by atoms with Crippen molar-refractivity contribution in [3.63, 3.8) is 0 Å². The Morgan fingerprint density at radius 3 is 2.28 bits per heavy atom. The number of anilines is 1. The summed E-state index contributed by atoms with van der Waals surface area (Å²) in [5, 5.41) is 17.0. The Labute approximate surface area is 441 Å². The highest BCUT2D eigenvalue weighted by molar-refractivity contribution is 7.89. The number of alkyl carbamates (subject to hydrolysis) is 1. The summed E-state index contributed by atoms with van der Waals surface area (Å²) in [4.78, 5) is 68.4. The first-order chi connectivity index (χ1) is 35.8. The first-order valence-electron chi connectivity index (χ1n) is 25.5. The number of aliphatic hydroxyl groups excluding tert-OH is 1. The number of rotatable bonds is 28. The summed E-state index contributed by atoms with van der Waals surface area (Å²) in [6, 6.07) is 25.5. The molecule has 4 aromatic rings. The third kappa shape index (κ3) is 17.4. The minimum absolute atomic E-state index is 0.0263. The maximum absolute atomic E-state index is 14.1. The number of aliphatic hydroxyl groups is 1. The van der Waals surface area contributed by atoms with Crippen LogP contribution in [0.5, 0.6) is 17.2 Å². The van der Waals surface area contributed by atoms with E-state index in [9.17, 15) is 37.5 Å². The maximum Gasteiger partial charge on any atom is 0.407 e. The van der Waals surface area contributed by atoms with E-state index >= 15 is 0 Å². The number of hydrogen-bond donors (Lipinski definition) is 4. The van der Waals surface area contributed by atoms with Crippen LogP contribution in [0.1, 0.15) is 95.9 Å². The van der Waals surface area contributed by atoms with E-state index in [1.165, 1.54) is 33.5 Å². The molecule has 1 aliphatic heterocycles. The van der Waals surface area contributed by atoms with Crippen molar-refractivity contribution < 1.29 is 61.2 Å². The van der Waals surface area contributed by atoms with Gasteiger partial charge in [-0.2, -0.15) is 4.31 Å². The standard InChI is InChI=1S/C56H75N5O13S/c1-8-56(4,5)52(64)53(65)61-30-13-12-20-46(61)54(66)74-48(27-21-40-22-28-49(70-6)50(33-40)71-7)41-18-14-19-43(34-41)73-37-51(63)58-29-15-31-72-55(67)59-45(32-39-16-10-9-11-17-39)47(62)36-60(35-38(2)3)75(68,69)44-25-23-42(57)24-26-44/h9-11,14,16-19,22-26,28,33-34,38,45-48,62H,8,12-13,15,20-21,27,29-32,35-37,57H2,1-7H3,(H,58,63)(H,59,67)/t45-,46-,47+,48+/m0/s1. The number of nitrogens with zero attached hydrogens (tertiary/aromatic N) is 2. The van der Waals surface area contributed by atoms with Crippen molar-refractivity contribution in [1.82, 2.24) is 19.8 Å². The molecule has 1 fully saturated rings. The number of nitrogens with two attached hydrogens (primary N) is 1. The largest absolute Gasteiger partial charge is 0.493 e. The van der Waals surface area contributed by atoms with E-state index in [4.69, 9.17) is 29.4 Å². The van der Waals surface area contributed by atoms with Crippen LogP contribution in [0.25, 0.3) is 0 Å². The van der Waals surface area contributed by atoms with E-state index in [1.54, 1.807) is 58.4 Å². The minimum atomic E-state index is -4.04. The van der Waals surface area contributed by atoms with Gasteiger partial charge in [0, 0.05) is 37.3 Å². The van der Waals surface area contributed by atoms with E-state index in [-0.39, 0.29) is 63.0 Å². The second-order valence-corrected chi connectivity index (χ2v) is 21.7. The van der Waals surface area contributed by atoms with Gasteiger partial charge in [-0.05, 0) is 123 Å². The molecule has 1 aliphatic rings. The number of ketones is 1. The van der Waals surface area contributed by atoms with Gasteiger partial charge in [-0.3, -0.25) is 14.4 Å². The van der Waals surface area contributed by atoms with Crippen molar-refractivity contribution >= 4 is 45.4 Å². The predicted molar refractivity (Wildman–Crippen MR) is 284 cm³/mol. The summed E-state index contributed by atoms with van der Waals surface area (Å²) in [6.07, 6.45) is 0.393. The number of likely N-dealkylation sites (tertiary alicyclic amines) is 1. The fourth-order valence-corrected chi connectivity index (χ4v) is 10.1. The van der Waals surface area contributed by atoms with E-state index in [0.29, 0.717) is 67.0 Å². The average Bonchev–Trinajstić information content (AvgIpc) is 3.40. The van der Waals surface area contributed by atoms with Crippen LogP contribution in [0.3, 0.4) is 0 Å². The second-order valence-electron chi connectivity index (χ2n) is 19.7. The normalized spacial score (nSPS) is 15.1. The van der Waals surface area contributed by atoms with Gasteiger partial charge in [0.2, 0.25) is 15.8 Å². The number of ether oxygens (including phenoxy) is 5. The minimum Gasteiger partial charge on any atom is -0.493 e. The molecule has 0 spiro atoms. The van der Waals surface area contributed by atoms with Gasteiger partial charge < -0.3 is 50.1 Å². The molecule has 18 nitrogen and oxygen atoms in total. The maximum atomic E-state index is 14.1. The van der Waals surface area contributed by atoms with Crippen molar-refractivity contribution in [2.75, 3.05) is 59.3 Å². The molecule has 4 atom stereocenters. The van der Waals surface area contributed by atoms with Crippen molar-refractivity contribution in [3.05, 3.63) is 114 Å². The van der Waals surface area contributed by atoms with Crippen LogP contribution in [0.15, 0.2) is 102 Å². The topological polar surface area (TPSA) is 242 Å². The number of carbonyl (C=O) groups is 5. The zero-order chi connectivity index (χ0) is 54.7. The highest BCUT2D eigenvalue weighted by atomic mass is 32.2.